The first-order chi connectivity index (χ1) is 10.2. The molecule has 0 unspecified atom stereocenters. The zero-order valence-corrected chi connectivity index (χ0v) is 13.1. The fourth-order valence-electron chi connectivity index (χ4n) is 2.68. The van der Waals surface area contributed by atoms with Crippen molar-refractivity contribution in [3.05, 3.63) is 70.8 Å². The van der Waals surface area contributed by atoms with Crippen molar-refractivity contribution in [3.63, 3.8) is 0 Å². The summed E-state index contributed by atoms with van der Waals surface area (Å²) in [6.07, 6.45) is 2.06. The lowest BCUT2D eigenvalue weighted by Gasteiger charge is -1.95. The Morgan fingerprint density at radius 2 is 1.76 bits per heavy atom. The van der Waals surface area contributed by atoms with Gasteiger partial charge in [0.2, 0.25) is 17.5 Å². The van der Waals surface area contributed by atoms with Crippen LogP contribution in [-0.4, -0.2) is 0 Å². The van der Waals surface area contributed by atoms with E-state index in [1.165, 1.54) is 16.5 Å². The zero-order chi connectivity index (χ0) is 14.4. The monoisotopic (exact) mass is 338 g/mol. The molecule has 102 valence electrons. The Labute approximate surface area is 130 Å². The van der Waals surface area contributed by atoms with Crippen molar-refractivity contribution in [2.24, 2.45) is 0 Å². The normalized spacial score (nSPS) is 11.3. The molecule has 0 aliphatic carbocycles. The molecular weight excluding hydrogens is 326 g/mol. The summed E-state index contributed by atoms with van der Waals surface area (Å²) < 4.78 is 9.21. The number of aryl methyl sites for hydroxylation is 1. The molecule has 2 nitrogen and oxygen atoms in total. The number of para-hydroxylation sites is 1. The molecule has 0 radical (unpaired) electrons. The van der Waals surface area contributed by atoms with E-state index in [-0.39, 0.29) is 0 Å². The van der Waals surface area contributed by atoms with Crippen LogP contribution in [0, 0.1) is 6.92 Å². The summed E-state index contributed by atoms with van der Waals surface area (Å²) in [7, 11) is 0. The summed E-state index contributed by atoms with van der Waals surface area (Å²) in [5.41, 5.74) is 4.33. The van der Waals surface area contributed by atoms with Gasteiger partial charge in [-0.05, 0) is 42.8 Å². The Morgan fingerprint density at radius 3 is 2.57 bits per heavy atom. The van der Waals surface area contributed by atoms with Gasteiger partial charge in [0, 0.05) is 16.1 Å². The second kappa shape index (κ2) is 4.71. The van der Waals surface area contributed by atoms with Crippen molar-refractivity contribution >= 4 is 32.5 Å². The maximum atomic E-state index is 6.03. The van der Waals surface area contributed by atoms with Crippen molar-refractivity contribution in [2.75, 3.05) is 0 Å². The van der Waals surface area contributed by atoms with Crippen LogP contribution in [0.2, 0.25) is 0 Å². The smallest absolute Gasteiger partial charge is 0.379 e. The number of fused-ring (bicyclic) bond motifs is 3. The van der Waals surface area contributed by atoms with Gasteiger partial charge in [0.25, 0.3) is 0 Å². The van der Waals surface area contributed by atoms with Crippen LogP contribution in [0.15, 0.2) is 69.7 Å². The second-order valence-corrected chi connectivity index (χ2v) is 6.07. The molecule has 2 aromatic heterocycles. The molecular formula is C18H13BrNO+. The summed E-state index contributed by atoms with van der Waals surface area (Å²) in [5, 5.41) is 1.25. The number of halogens is 1. The Bertz CT molecular complexity index is 954. The van der Waals surface area contributed by atoms with E-state index >= 15 is 0 Å². The Hall–Kier alpha value is -2.13. The van der Waals surface area contributed by atoms with Crippen LogP contribution in [0.1, 0.15) is 5.56 Å². The van der Waals surface area contributed by atoms with Crippen LogP contribution >= 0.6 is 15.9 Å². The molecule has 21 heavy (non-hydrogen) atoms. The standard InChI is InChI=1S/C18H13BrNO/c1-12-10-18-20(16-5-3-2-4-15(12)16)11-17(21-18)13-6-8-14(19)9-7-13/h2-11H,1H3/q+1. The van der Waals surface area contributed by atoms with Gasteiger partial charge in [0.05, 0.1) is 11.5 Å². The van der Waals surface area contributed by atoms with Crippen LogP contribution in [0.25, 0.3) is 27.9 Å². The number of nitrogens with zero attached hydrogens (tertiary/aromatic N) is 1. The minimum absolute atomic E-state index is 0.865. The summed E-state index contributed by atoms with van der Waals surface area (Å²) in [6, 6.07) is 18.6. The first-order valence-electron chi connectivity index (χ1n) is 6.82. The molecule has 2 heterocycles. The lowest BCUT2D eigenvalue weighted by Crippen LogP contribution is -2.19. The minimum Gasteiger partial charge on any atom is -0.398 e. The van der Waals surface area contributed by atoms with Crippen molar-refractivity contribution in [2.45, 2.75) is 6.92 Å². The third-order valence-electron chi connectivity index (χ3n) is 3.76. The molecule has 0 spiro atoms. The van der Waals surface area contributed by atoms with Gasteiger partial charge in [-0.15, -0.1) is 4.40 Å². The van der Waals surface area contributed by atoms with E-state index in [4.69, 9.17) is 4.42 Å². The van der Waals surface area contributed by atoms with Crippen molar-refractivity contribution in [1.29, 1.82) is 0 Å². The van der Waals surface area contributed by atoms with E-state index in [0.29, 0.717) is 0 Å². The van der Waals surface area contributed by atoms with Crippen molar-refractivity contribution < 1.29 is 8.82 Å². The van der Waals surface area contributed by atoms with E-state index in [2.05, 4.69) is 75.9 Å². The SMILES string of the molecule is Cc1cc2oc(-c3ccc(Br)cc3)c[n+]2c2ccccc12. The number of rotatable bonds is 1. The van der Waals surface area contributed by atoms with Crippen LogP contribution < -0.4 is 4.40 Å². The minimum atomic E-state index is 0.865. The van der Waals surface area contributed by atoms with E-state index in [0.717, 1.165) is 21.5 Å². The van der Waals surface area contributed by atoms with Crippen LogP contribution in [0.3, 0.4) is 0 Å². The summed E-state index contributed by atoms with van der Waals surface area (Å²) in [5.74, 6) is 0.873. The quantitative estimate of drug-likeness (QED) is 0.451. The highest BCUT2D eigenvalue weighted by molar-refractivity contribution is 9.10. The average Bonchev–Trinajstić information content (AvgIpc) is 2.92. The summed E-state index contributed by atoms with van der Waals surface area (Å²) in [4.78, 5) is 0. The lowest BCUT2D eigenvalue weighted by molar-refractivity contribution is -0.483. The molecule has 0 N–H and O–H groups in total. The van der Waals surface area contributed by atoms with Crippen LogP contribution in [0.4, 0.5) is 0 Å². The molecule has 0 bridgehead atoms. The average molecular weight is 339 g/mol. The van der Waals surface area contributed by atoms with Crippen molar-refractivity contribution in [3.8, 4) is 11.3 Å². The highest BCUT2D eigenvalue weighted by atomic mass is 79.9. The number of aromatic nitrogens is 1. The first kappa shape index (κ1) is 12.6. The fraction of sp³-hybridized carbons (Fsp3) is 0.0556. The van der Waals surface area contributed by atoms with Crippen LogP contribution in [0.5, 0.6) is 0 Å². The maximum Gasteiger partial charge on any atom is 0.379 e. The van der Waals surface area contributed by atoms with Crippen molar-refractivity contribution in [1.82, 2.24) is 0 Å². The van der Waals surface area contributed by atoms with Crippen LogP contribution in [-0.2, 0) is 0 Å². The second-order valence-electron chi connectivity index (χ2n) is 5.16. The van der Waals surface area contributed by atoms with Gasteiger partial charge in [0.1, 0.15) is 0 Å². The molecule has 2 aromatic carbocycles. The first-order valence-corrected chi connectivity index (χ1v) is 7.61. The molecule has 3 heteroatoms. The van der Waals surface area contributed by atoms with Gasteiger partial charge >= 0.3 is 5.71 Å². The Balaban J connectivity index is 2.02. The number of hydrogen-bond acceptors (Lipinski definition) is 1. The lowest BCUT2D eigenvalue weighted by atomic mass is 10.1. The molecule has 4 aromatic rings. The van der Waals surface area contributed by atoms with Gasteiger partial charge in [-0.1, -0.05) is 28.1 Å². The maximum absolute atomic E-state index is 6.03. The number of benzene rings is 2. The van der Waals surface area contributed by atoms with E-state index in [1.807, 2.05) is 12.1 Å². The third kappa shape index (κ3) is 2.05. The molecule has 4 rings (SSSR count). The summed E-state index contributed by atoms with van der Waals surface area (Å²) >= 11 is 3.46. The van der Waals surface area contributed by atoms with E-state index < -0.39 is 0 Å². The molecule has 0 saturated heterocycles. The summed E-state index contributed by atoms with van der Waals surface area (Å²) in [6.45, 7) is 2.12. The van der Waals surface area contributed by atoms with Gasteiger partial charge in [-0.3, -0.25) is 0 Å². The Kier molecular flexibility index (Phi) is 2.82. The van der Waals surface area contributed by atoms with E-state index in [9.17, 15) is 0 Å². The number of oxazole rings is 1. The number of hydrogen-bond donors (Lipinski definition) is 0. The van der Waals surface area contributed by atoms with Gasteiger partial charge < -0.3 is 4.42 Å². The highest BCUT2D eigenvalue weighted by Gasteiger charge is 2.18. The molecule has 0 aliphatic heterocycles. The highest BCUT2D eigenvalue weighted by Crippen LogP contribution is 2.25. The molecule has 0 atom stereocenters. The largest absolute Gasteiger partial charge is 0.398 e. The van der Waals surface area contributed by atoms with Gasteiger partial charge in [-0.2, -0.15) is 0 Å². The predicted octanol–water partition coefficient (Wildman–Crippen LogP) is 4.91. The van der Waals surface area contributed by atoms with E-state index in [1.54, 1.807) is 0 Å². The topological polar surface area (TPSA) is 17.2 Å². The Morgan fingerprint density at radius 1 is 1.00 bits per heavy atom. The third-order valence-corrected chi connectivity index (χ3v) is 4.28. The molecule has 0 aliphatic rings. The number of pyridine rings is 1. The molecule has 0 fully saturated rings. The molecule has 0 saturated carbocycles. The fourth-order valence-corrected chi connectivity index (χ4v) is 2.95. The van der Waals surface area contributed by atoms with Gasteiger partial charge in [0.15, 0.2) is 0 Å². The molecule has 0 amide bonds. The predicted molar refractivity (Wildman–Crippen MR) is 87.2 cm³/mol. The zero-order valence-electron chi connectivity index (χ0n) is 11.5. The van der Waals surface area contributed by atoms with Gasteiger partial charge in [-0.25, -0.2) is 0 Å².